The lowest BCUT2D eigenvalue weighted by atomic mass is 10.2. The standard InChI is InChI=1S/C26H24N2O5/c1-3-32-22-13-11-21(12-14-22)26(30)28-27-18-20-9-15-23(24(17-20)31-2)33-25(29)16-10-19-7-5-4-6-8-19/h4-18H,3H2,1-2H3,(H,28,30)/b16-10+,27-18+. The fourth-order valence-corrected chi connectivity index (χ4v) is 2.82. The van der Waals surface area contributed by atoms with Gasteiger partial charge in [-0.15, -0.1) is 0 Å². The zero-order chi connectivity index (χ0) is 23.5. The minimum absolute atomic E-state index is 0.274. The van der Waals surface area contributed by atoms with E-state index in [1.807, 2.05) is 37.3 Å². The normalized spacial score (nSPS) is 10.8. The summed E-state index contributed by atoms with van der Waals surface area (Å²) in [4.78, 5) is 24.3. The summed E-state index contributed by atoms with van der Waals surface area (Å²) in [6, 6.07) is 21.1. The summed E-state index contributed by atoms with van der Waals surface area (Å²) in [6.07, 6.45) is 4.49. The van der Waals surface area contributed by atoms with Crippen molar-refractivity contribution in [3.8, 4) is 17.2 Å². The number of hydrogen-bond donors (Lipinski definition) is 1. The molecule has 3 aromatic rings. The third-order valence-electron chi connectivity index (χ3n) is 4.42. The third-order valence-corrected chi connectivity index (χ3v) is 4.42. The summed E-state index contributed by atoms with van der Waals surface area (Å²) in [5.74, 6) is 0.452. The predicted molar refractivity (Wildman–Crippen MR) is 127 cm³/mol. The molecule has 0 saturated heterocycles. The molecule has 3 rings (SSSR count). The van der Waals surface area contributed by atoms with Gasteiger partial charge in [0.2, 0.25) is 0 Å². The second-order valence-electron chi connectivity index (χ2n) is 6.73. The van der Waals surface area contributed by atoms with Gasteiger partial charge in [-0.2, -0.15) is 5.10 Å². The number of amides is 1. The van der Waals surface area contributed by atoms with Crippen LogP contribution >= 0.6 is 0 Å². The number of carbonyl (C=O) groups excluding carboxylic acids is 2. The molecular formula is C26H24N2O5. The number of carbonyl (C=O) groups is 2. The van der Waals surface area contributed by atoms with Gasteiger partial charge in [0.1, 0.15) is 5.75 Å². The zero-order valence-electron chi connectivity index (χ0n) is 18.4. The van der Waals surface area contributed by atoms with Crippen LogP contribution < -0.4 is 19.6 Å². The van der Waals surface area contributed by atoms with E-state index < -0.39 is 5.97 Å². The van der Waals surface area contributed by atoms with Crippen LogP contribution in [0.15, 0.2) is 84.0 Å². The fourth-order valence-electron chi connectivity index (χ4n) is 2.82. The van der Waals surface area contributed by atoms with Crippen molar-refractivity contribution < 1.29 is 23.8 Å². The van der Waals surface area contributed by atoms with Gasteiger partial charge >= 0.3 is 5.97 Å². The van der Waals surface area contributed by atoms with Gasteiger partial charge in [-0.05, 0) is 66.6 Å². The van der Waals surface area contributed by atoms with Crippen molar-refractivity contribution in [1.82, 2.24) is 5.43 Å². The number of esters is 1. The molecule has 0 spiro atoms. The second kappa shape index (κ2) is 11.9. The molecule has 0 heterocycles. The summed E-state index contributed by atoms with van der Waals surface area (Å²) >= 11 is 0. The number of nitrogens with zero attached hydrogens (tertiary/aromatic N) is 1. The minimum Gasteiger partial charge on any atom is -0.494 e. The highest BCUT2D eigenvalue weighted by Crippen LogP contribution is 2.27. The van der Waals surface area contributed by atoms with E-state index in [1.165, 1.54) is 19.4 Å². The van der Waals surface area contributed by atoms with E-state index in [9.17, 15) is 9.59 Å². The molecule has 0 radical (unpaired) electrons. The molecule has 1 amide bonds. The average Bonchev–Trinajstić information content (AvgIpc) is 2.85. The number of ether oxygens (including phenoxy) is 3. The molecule has 0 saturated carbocycles. The first-order chi connectivity index (χ1) is 16.1. The molecule has 0 bridgehead atoms. The summed E-state index contributed by atoms with van der Waals surface area (Å²) in [5.41, 5.74) is 4.47. The third kappa shape index (κ3) is 7.07. The molecule has 0 fully saturated rings. The lowest BCUT2D eigenvalue weighted by Crippen LogP contribution is -2.17. The quantitative estimate of drug-likeness (QED) is 0.173. The van der Waals surface area contributed by atoms with Crippen molar-refractivity contribution in [2.75, 3.05) is 13.7 Å². The van der Waals surface area contributed by atoms with Crippen molar-refractivity contribution in [3.05, 3.63) is 95.6 Å². The van der Waals surface area contributed by atoms with Gasteiger partial charge in [0.05, 0.1) is 19.9 Å². The van der Waals surface area contributed by atoms with Crippen molar-refractivity contribution in [1.29, 1.82) is 0 Å². The van der Waals surface area contributed by atoms with E-state index in [-0.39, 0.29) is 11.7 Å². The van der Waals surface area contributed by atoms with Crippen LogP contribution in [0.5, 0.6) is 17.2 Å². The number of nitrogens with one attached hydrogen (secondary N) is 1. The minimum atomic E-state index is -0.527. The SMILES string of the molecule is CCOc1ccc(C(=O)N/N=C/c2ccc(OC(=O)/C=C/c3ccccc3)c(OC)c2)cc1. The number of hydrogen-bond acceptors (Lipinski definition) is 6. The number of rotatable bonds is 9. The molecular weight excluding hydrogens is 420 g/mol. The van der Waals surface area contributed by atoms with Crippen molar-refractivity contribution in [3.63, 3.8) is 0 Å². The summed E-state index contributed by atoms with van der Waals surface area (Å²) in [6.45, 7) is 2.45. The Hall–Kier alpha value is -4.39. The Morgan fingerprint density at radius 2 is 1.70 bits per heavy atom. The molecule has 0 aromatic heterocycles. The molecule has 0 aliphatic rings. The molecule has 168 valence electrons. The van der Waals surface area contributed by atoms with Crippen LogP contribution in [-0.2, 0) is 4.79 Å². The van der Waals surface area contributed by atoms with Crippen LogP contribution in [0, 0.1) is 0 Å². The van der Waals surface area contributed by atoms with Crippen molar-refractivity contribution >= 4 is 24.2 Å². The van der Waals surface area contributed by atoms with Crippen molar-refractivity contribution in [2.24, 2.45) is 5.10 Å². The summed E-state index contributed by atoms with van der Waals surface area (Å²) in [5, 5.41) is 3.98. The van der Waals surface area contributed by atoms with Crippen LogP contribution in [0.1, 0.15) is 28.4 Å². The Morgan fingerprint density at radius 3 is 2.39 bits per heavy atom. The van der Waals surface area contributed by atoms with Crippen LogP contribution in [0.25, 0.3) is 6.08 Å². The van der Waals surface area contributed by atoms with Gasteiger partial charge in [0.25, 0.3) is 5.91 Å². The molecule has 33 heavy (non-hydrogen) atoms. The fraction of sp³-hybridized carbons (Fsp3) is 0.115. The molecule has 3 aromatic carbocycles. The van der Waals surface area contributed by atoms with Gasteiger partial charge in [0, 0.05) is 11.6 Å². The lowest BCUT2D eigenvalue weighted by Gasteiger charge is -2.08. The predicted octanol–water partition coefficient (Wildman–Crippen LogP) is 4.48. The van der Waals surface area contributed by atoms with Gasteiger partial charge < -0.3 is 14.2 Å². The van der Waals surface area contributed by atoms with Crippen LogP contribution in [0.3, 0.4) is 0 Å². The first-order valence-corrected chi connectivity index (χ1v) is 10.3. The highest BCUT2D eigenvalue weighted by atomic mass is 16.6. The maximum Gasteiger partial charge on any atom is 0.336 e. The first kappa shape index (κ1) is 23.3. The van der Waals surface area contributed by atoms with Crippen molar-refractivity contribution in [2.45, 2.75) is 6.92 Å². The molecule has 0 atom stereocenters. The van der Waals surface area contributed by atoms with E-state index in [4.69, 9.17) is 14.2 Å². The van der Waals surface area contributed by atoms with E-state index in [0.29, 0.717) is 29.2 Å². The number of methoxy groups -OCH3 is 1. The van der Waals surface area contributed by atoms with Gasteiger partial charge in [-0.3, -0.25) is 4.79 Å². The molecule has 1 N–H and O–H groups in total. The Balaban J connectivity index is 1.59. The van der Waals surface area contributed by atoms with E-state index in [2.05, 4.69) is 10.5 Å². The van der Waals surface area contributed by atoms with Crippen LogP contribution in [0.4, 0.5) is 0 Å². The molecule has 0 aliphatic carbocycles. The van der Waals surface area contributed by atoms with E-state index >= 15 is 0 Å². The second-order valence-corrected chi connectivity index (χ2v) is 6.73. The Labute approximate surface area is 192 Å². The number of hydrazone groups is 1. The lowest BCUT2D eigenvalue weighted by molar-refractivity contribution is -0.129. The van der Waals surface area contributed by atoms with Crippen LogP contribution in [0.2, 0.25) is 0 Å². The Morgan fingerprint density at radius 1 is 0.939 bits per heavy atom. The highest BCUT2D eigenvalue weighted by molar-refractivity contribution is 5.95. The van der Waals surface area contributed by atoms with Gasteiger partial charge in [-0.1, -0.05) is 30.3 Å². The molecule has 7 heteroatoms. The maximum absolute atomic E-state index is 12.2. The maximum atomic E-state index is 12.2. The number of benzene rings is 3. The van der Waals surface area contributed by atoms with E-state index in [0.717, 1.165) is 5.56 Å². The summed E-state index contributed by atoms with van der Waals surface area (Å²) < 4.78 is 16.0. The Kier molecular flexibility index (Phi) is 8.36. The average molecular weight is 444 g/mol. The highest BCUT2D eigenvalue weighted by Gasteiger charge is 2.09. The summed E-state index contributed by atoms with van der Waals surface area (Å²) in [7, 11) is 1.47. The topological polar surface area (TPSA) is 86.2 Å². The Bertz CT molecular complexity index is 1140. The molecule has 0 unspecified atom stereocenters. The van der Waals surface area contributed by atoms with Gasteiger partial charge in [-0.25, -0.2) is 10.2 Å². The smallest absolute Gasteiger partial charge is 0.336 e. The first-order valence-electron chi connectivity index (χ1n) is 10.3. The largest absolute Gasteiger partial charge is 0.494 e. The van der Waals surface area contributed by atoms with Gasteiger partial charge in [0.15, 0.2) is 11.5 Å². The zero-order valence-corrected chi connectivity index (χ0v) is 18.4. The molecule has 0 aliphatic heterocycles. The van der Waals surface area contributed by atoms with E-state index in [1.54, 1.807) is 48.5 Å². The molecule has 7 nitrogen and oxygen atoms in total. The van der Waals surface area contributed by atoms with Crippen LogP contribution in [-0.4, -0.2) is 31.8 Å². The monoisotopic (exact) mass is 444 g/mol.